The Hall–Kier alpha value is -3.35. The Balaban J connectivity index is 1.24. The van der Waals surface area contributed by atoms with Gasteiger partial charge >= 0.3 is 6.03 Å². The third kappa shape index (κ3) is 4.71. The summed E-state index contributed by atoms with van der Waals surface area (Å²) < 4.78 is 5.81. The molecule has 2 aromatic rings. The molecule has 7 heteroatoms. The fourth-order valence-electron chi connectivity index (χ4n) is 4.24. The van der Waals surface area contributed by atoms with Gasteiger partial charge in [-0.15, -0.1) is 0 Å². The third-order valence-electron chi connectivity index (χ3n) is 5.85. The molecule has 162 valence electrons. The van der Waals surface area contributed by atoms with Gasteiger partial charge in [-0.25, -0.2) is 4.79 Å². The van der Waals surface area contributed by atoms with E-state index in [0.29, 0.717) is 30.7 Å². The highest BCUT2D eigenvalue weighted by Gasteiger charge is 2.51. The standard InChI is InChI=1S/C24H27N3O4/c1-17-6-4-7-20(16-17)31-19-11-9-18(10-12-19)25-21(28)8-5-15-27-22(29)24(26-23(27)30)13-2-3-14-24/h4,6-7,9-12,16H,2-3,5,8,13-15H2,1H3,(H,25,28)(H,26,30). The average molecular weight is 421 g/mol. The zero-order valence-corrected chi connectivity index (χ0v) is 17.6. The lowest BCUT2D eigenvalue weighted by atomic mass is 9.98. The number of urea groups is 1. The first-order valence-electron chi connectivity index (χ1n) is 10.7. The predicted molar refractivity (Wildman–Crippen MR) is 117 cm³/mol. The van der Waals surface area contributed by atoms with E-state index in [1.165, 1.54) is 4.90 Å². The minimum absolute atomic E-state index is 0.139. The van der Waals surface area contributed by atoms with E-state index in [1.807, 2.05) is 31.2 Å². The fourth-order valence-corrected chi connectivity index (χ4v) is 4.24. The van der Waals surface area contributed by atoms with Crippen LogP contribution < -0.4 is 15.4 Å². The SMILES string of the molecule is Cc1cccc(Oc2ccc(NC(=O)CCCN3C(=O)NC4(CCCC4)C3=O)cc2)c1. The van der Waals surface area contributed by atoms with Crippen molar-refractivity contribution in [3.63, 3.8) is 0 Å². The molecule has 1 saturated heterocycles. The lowest BCUT2D eigenvalue weighted by molar-refractivity contribution is -0.131. The van der Waals surface area contributed by atoms with Gasteiger partial charge in [-0.1, -0.05) is 25.0 Å². The van der Waals surface area contributed by atoms with Crippen LogP contribution in [-0.4, -0.2) is 34.8 Å². The van der Waals surface area contributed by atoms with E-state index < -0.39 is 5.54 Å². The minimum atomic E-state index is -0.693. The second-order valence-electron chi connectivity index (χ2n) is 8.27. The molecule has 4 amide bonds. The molecule has 1 spiro atoms. The van der Waals surface area contributed by atoms with Gasteiger partial charge in [-0.3, -0.25) is 14.5 Å². The summed E-state index contributed by atoms with van der Waals surface area (Å²) in [6.45, 7) is 2.26. The molecular weight excluding hydrogens is 394 g/mol. The molecule has 0 bridgehead atoms. The number of aryl methyl sites for hydroxylation is 1. The number of hydrogen-bond acceptors (Lipinski definition) is 4. The molecule has 2 fully saturated rings. The number of hydrogen-bond donors (Lipinski definition) is 2. The average Bonchev–Trinajstić information content (AvgIpc) is 3.30. The largest absolute Gasteiger partial charge is 0.457 e. The molecule has 2 N–H and O–H groups in total. The highest BCUT2D eigenvalue weighted by molar-refractivity contribution is 6.07. The Kier molecular flexibility index (Phi) is 5.93. The second kappa shape index (κ2) is 8.79. The number of rotatable bonds is 7. The summed E-state index contributed by atoms with van der Waals surface area (Å²) in [7, 11) is 0. The van der Waals surface area contributed by atoms with Crippen molar-refractivity contribution in [1.29, 1.82) is 0 Å². The number of carbonyl (C=O) groups is 3. The number of imide groups is 1. The van der Waals surface area contributed by atoms with E-state index in [2.05, 4.69) is 10.6 Å². The summed E-state index contributed by atoms with van der Waals surface area (Å²) in [5.41, 5.74) is 1.09. The van der Waals surface area contributed by atoms with Crippen molar-refractivity contribution >= 4 is 23.5 Å². The molecule has 1 saturated carbocycles. The van der Waals surface area contributed by atoms with Crippen molar-refractivity contribution in [1.82, 2.24) is 10.2 Å². The number of anilines is 1. The molecule has 0 unspecified atom stereocenters. The molecule has 2 aromatic carbocycles. The number of nitrogens with one attached hydrogen (secondary N) is 2. The Bertz CT molecular complexity index is 981. The highest BCUT2D eigenvalue weighted by atomic mass is 16.5. The van der Waals surface area contributed by atoms with E-state index in [1.54, 1.807) is 24.3 Å². The molecule has 0 radical (unpaired) electrons. The van der Waals surface area contributed by atoms with Gasteiger partial charge in [0.05, 0.1) is 0 Å². The van der Waals surface area contributed by atoms with Crippen LogP contribution in [-0.2, 0) is 9.59 Å². The summed E-state index contributed by atoms with van der Waals surface area (Å²) in [5.74, 6) is 1.15. The zero-order chi connectivity index (χ0) is 21.8. The maximum absolute atomic E-state index is 12.6. The topological polar surface area (TPSA) is 87.7 Å². The highest BCUT2D eigenvalue weighted by Crippen LogP contribution is 2.35. The molecule has 31 heavy (non-hydrogen) atoms. The van der Waals surface area contributed by atoms with Gasteiger partial charge in [0.25, 0.3) is 5.91 Å². The smallest absolute Gasteiger partial charge is 0.325 e. The predicted octanol–water partition coefficient (Wildman–Crippen LogP) is 4.37. The summed E-state index contributed by atoms with van der Waals surface area (Å²) in [6.07, 6.45) is 3.98. The van der Waals surface area contributed by atoms with Crippen LogP contribution >= 0.6 is 0 Å². The number of amides is 4. The fraction of sp³-hybridized carbons (Fsp3) is 0.375. The van der Waals surface area contributed by atoms with Crippen LogP contribution in [0, 0.1) is 6.92 Å². The number of nitrogens with zero attached hydrogens (tertiary/aromatic N) is 1. The van der Waals surface area contributed by atoms with Gasteiger partial charge in [0, 0.05) is 18.7 Å². The monoisotopic (exact) mass is 421 g/mol. The number of ether oxygens (including phenoxy) is 1. The van der Waals surface area contributed by atoms with E-state index in [4.69, 9.17) is 4.74 Å². The molecule has 4 rings (SSSR count). The number of carbonyl (C=O) groups excluding carboxylic acids is 3. The molecule has 2 aliphatic rings. The summed E-state index contributed by atoms with van der Waals surface area (Å²) in [6, 6.07) is 14.6. The van der Waals surface area contributed by atoms with E-state index >= 15 is 0 Å². The first kappa shape index (κ1) is 20.9. The second-order valence-corrected chi connectivity index (χ2v) is 8.27. The summed E-state index contributed by atoms with van der Waals surface area (Å²) in [5, 5.41) is 5.70. The van der Waals surface area contributed by atoms with Crippen LogP contribution in [0.25, 0.3) is 0 Å². The normalized spacial score (nSPS) is 17.1. The molecule has 1 heterocycles. The Labute approximate surface area is 181 Å². The van der Waals surface area contributed by atoms with Crippen LogP contribution in [0.1, 0.15) is 44.1 Å². The lowest BCUT2D eigenvalue weighted by Gasteiger charge is -2.19. The van der Waals surface area contributed by atoms with Crippen molar-refractivity contribution < 1.29 is 19.1 Å². The quantitative estimate of drug-likeness (QED) is 0.650. The Morgan fingerprint density at radius 2 is 1.84 bits per heavy atom. The molecule has 1 aliphatic heterocycles. The molecule has 1 aliphatic carbocycles. The van der Waals surface area contributed by atoms with Crippen LogP contribution in [0.5, 0.6) is 11.5 Å². The van der Waals surface area contributed by atoms with Crippen molar-refractivity contribution in [2.75, 3.05) is 11.9 Å². The van der Waals surface area contributed by atoms with Crippen molar-refractivity contribution in [2.45, 2.75) is 51.0 Å². The van der Waals surface area contributed by atoms with Crippen LogP contribution in [0.4, 0.5) is 10.5 Å². The first-order valence-corrected chi connectivity index (χ1v) is 10.7. The van der Waals surface area contributed by atoms with E-state index in [9.17, 15) is 14.4 Å². The molecule has 7 nitrogen and oxygen atoms in total. The maximum atomic E-state index is 12.6. The molecular formula is C24H27N3O4. The van der Waals surface area contributed by atoms with Gasteiger partial charge < -0.3 is 15.4 Å². The van der Waals surface area contributed by atoms with Gasteiger partial charge in [-0.2, -0.15) is 0 Å². The van der Waals surface area contributed by atoms with E-state index in [0.717, 1.165) is 24.2 Å². The van der Waals surface area contributed by atoms with Crippen molar-refractivity contribution in [3.05, 3.63) is 54.1 Å². The lowest BCUT2D eigenvalue weighted by Crippen LogP contribution is -2.44. The zero-order valence-electron chi connectivity index (χ0n) is 17.6. The van der Waals surface area contributed by atoms with Gasteiger partial charge in [0.1, 0.15) is 17.0 Å². The molecule has 0 aromatic heterocycles. The summed E-state index contributed by atoms with van der Waals surface area (Å²) >= 11 is 0. The number of benzene rings is 2. The first-order chi connectivity index (χ1) is 14.9. The van der Waals surface area contributed by atoms with Gasteiger partial charge in [0.2, 0.25) is 5.91 Å². The van der Waals surface area contributed by atoms with Crippen molar-refractivity contribution in [2.24, 2.45) is 0 Å². The van der Waals surface area contributed by atoms with Gasteiger partial charge in [0.15, 0.2) is 0 Å². The maximum Gasteiger partial charge on any atom is 0.325 e. The molecule has 0 atom stereocenters. The third-order valence-corrected chi connectivity index (χ3v) is 5.85. The van der Waals surface area contributed by atoms with E-state index in [-0.39, 0.29) is 30.8 Å². The minimum Gasteiger partial charge on any atom is -0.457 e. The Morgan fingerprint density at radius 1 is 1.10 bits per heavy atom. The van der Waals surface area contributed by atoms with Crippen molar-refractivity contribution in [3.8, 4) is 11.5 Å². The van der Waals surface area contributed by atoms with Crippen LogP contribution in [0.2, 0.25) is 0 Å². The van der Waals surface area contributed by atoms with Crippen LogP contribution in [0.15, 0.2) is 48.5 Å². The van der Waals surface area contributed by atoms with Crippen LogP contribution in [0.3, 0.4) is 0 Å². The Morgan fingerprint density at radius 3 is 2.55 bits per heavy atom. The summed E-state index contributed by atoms with van der Waals surface area (Å²) in [4.78, 5) is 38.3. The van der Waals surface area contributed by atoms with Gasteiger partial charge in [-0.05, 0) is 68.1 Å².